The van der Waals surface area contributed by atoms with Crippen LogP contribution in [-0.2, 0) is 10.3 Å². The van der Waals surface area contributed by atoms with Crippen LogP contribution in [0.15, 0.2) is 54.6 Å². The van der Waals surface area contributed by atoms with Gasteiger partial charge in [-0.2, -0.15) is 0 Å². The highest BCUT2D eigenvalue weighted by Gasteiger charge is 2.46. The molecule has 2 saturated heterocycles. The van der Waals surface area contributed by atoms with Crippen LogP contribution in [0.25, 0.3) is 0 Å². The van der Waals surface area contributed by atoms with E-state index in [0.717, 1.165) is 29.8 Å². The second-order valence-electron chi connectivity index (χ2n) is 11.0. The first-order valence-electron chi connectivity index (χ1n) is 12.8. The first-order chi connectivity index (χ1) is 17.0. The Kier molecular flexibility index (Phi) is 7.47. The van der Waals surface area contributed by atoms with Crippen molar-refractivity contribution >= 4 is 6.09 Å². The van der Waals surface area contributed by atoms with Crippen molar-refractivity contribution in [2.75, 3.05) is 26.7 Å². The zero-order valence-electron chi connectivity index (χ0n) is 21.8. The summed E-state index contributed by atoms with van der Waals surface area (Å²) in [5, 5.41) is 21.3. The summed E-state index contributed by atoms with van der Waals surface area (Å²) in [6, 6.07) is 17.4. The molecule has 2 aromatic carbocycles. The van der Waals surface area contributed by atoms with Gasteiger partial charge in [-0.1, -0.05) is 54.3 Å². The number of nitrogens with zero attached hydrogens (tertiary/aromatic N) is 2. The number of hydrogen-bond acceptors (Lipinski definition) is 5. The highest BCUT2D eigenvalue weighted by atomic mass is 16.6. The number of rotatable bonds is 5. The van der Waals surface area contributed by atoms with Gasteiger partial charge >= 0.3 is 6.09 Å². The smallest absolute Gasteiger partial charge is 0.411 e. The van der Waals surface area contributed by atoms with E-state index in [9.17, 15) is 15.0 Å². The second kappa shape index (κ2) is 10.3. The van der Waals surface area contributed by atoms with Gasteiger partial charge in [0, 0.05) is 50.9 Å². The average molecular weight is 491 g/mol. The van der Waals surface area contributed by atoms with Crippen LogP contribution in [0.1, 0.15) is 69.2 Å². The lowest BCUT2D eigenvalue weighted by molar-refractivity contribution is -0.101. The predicted molar refractivity (Wildman–Crippen MR) is 140 cm³/mol. The van der Waals surface area contributed by atoms with Gasteiger partial charge in [0.15, 0.2) is 0 Å². The summed E-state index contributed by atoms with van der Waals surface area (Å²) >= 11 is 0. The van der Waals surface area contributed by atoms with E-state index in [1.54, 1.807) is 18.7 Å². The minimum absolute atomic E-state index is 0.173. The van der Waals surface area contributed by atoms with Gasteiger partial charge in [0.25, 0.3) is 0 Å². The monoisotopic (exact) mass is 490 g/mol. The summed E-state index contributed by atoms with van der Waals surface area (Å²) in [6.07, 6.45) is 1.85. The molecule has 0 radical (unpaired) electrons. The zero-order valence-corrected chi connectivity index (χ0v) is 21.8. The van der Waals surface area contributed by atoms with E-state index in [1.807, 2.05) is 61.5 Å². The number of carbonyl (C=O) groups excluding carboxylic acids is 1. The fraction of sp³-hybridized carbons (Fsp3) is 0.500. The molecule has 0 aromatic heterocycles. The molecule has 0 saturated carbocycles. The Hall–Kier alpha value is -2.85. The number of piperidine rings is 1. The molecule has 6 heteroatoms. The number of ether oxygens (including phenoxy) is 1. The number of cyclic esters (lactones) is 1. The minimum atomic E-state index is -0.985. The molecule has 0 spiro atoms. The molecule has 4 rings (SSSR count). The fourth-order valence-electron chi connectivity index (χ4n) is 5.22. The highest BCUT2D eigenvalue weighted by molar-refractivity contribution is 5.70. The van der Waals surface area contributed by atoms with Gasteiger partial charge in [0.05, 0.1) is 11.6 Å². The van der Waals surface area contributed by atoms with Crippen molar-refractivity contribution in [3.05, 3.63) is 71.3 Å². The number of aliphatic hydroxyl groups is 2. The SMILES string of the molecule is C[C@@H](c1ccc(C#CC2(O)CCN(C)CC2)cc1)N1CC[C@](CC(C)(C)O)(c2ccccc2)OC1=O. The Morgan fingerprint density at radius 2 is 1.67 bits per heavy atom. The molecule has 2 aliphatic rings. The molecule has 2 N–H and O–H groups in total. The maximum Gasteiger partial charge on any atom is 0.411 e. The molecule has 2 heterocycles. The number of amides is 1. The van der Waals surface area contributed by atoms with Crippen LogP contribution in [0.2, 0.25) is 0 Å². The Morgan fingerprint density at radius 3 is 2.25 bits per heavy atom. The van der Waals surface area contributed by atoms with E-state index in [2.05, 4.69) is 23.8 Å². The van der Waals surface area contributed by atoms with Crippen LogP contribution < -0.4 is 0 Å². The Balaban J connectivity index is 1.46. The lowest BCUT2D eigenvalue weighted by atomic mass is 9.80. The second-order valence-corrected chi connectivity index (χ2v) is 11.0. The fourth-order valence-corrected chi connectivity index (χ4v) is 5.22. The maximum atomic E-state index is 13.3. The molecule has 36 heavy (non-hydrogen) atoms. The lowest BCUT2D eigenvalue weighted by Gasteiger charge is -2.45. The van der Waals surface area contributed by atoms with Crippen molar-refractivity contribution in [3.63, 3.8) is 0 Å². The van der Waals surface area contributed by atoms with Crippen molar-refractivity contribution in [1.29, 1.82) is 0 Å². The molecule has 0 unspecified atom stereocenters. The summed E-state index contributed by atoms with van der Waals surface area (Å²) in [6.45, 7) is 7.69. The molecule has 1 amide bonds. The van der Waals surface area contributed by atoms with Gasteiger partial charge in [0.1, 0.15) is 11.2 Å². The molecule has 2 fully saturated rings. The Morgan fingerprint density at radius 1 is 1.03 bits per heavy atom. The van der Waals surface area contributed by atoms with Gasteiger partial charge in [-0.25, -0.2) is 4.79 Å². The predicted octanol–water partition coefficient (Wildman–Crippen LogP) is 4.45. The number of benzene rings is 2. The topological polar surface area (TPSA) is 73.2 Å². The molecular formula is C30H38N2O4. The van der Waals surface area contributed by atoms with Crippen LogP contribution in [0.3, 0.4) is 0 Å². The highest BCUT2D eigenvalue weighted by Crippen LogP contribution is 2.42. The van der Waals surface area contributed by atoms with Crippen molar-refractivity contribution in [3.8, 4) is 11.8 Å². The van der Waals surface area contributed by atoms with Crippen molar-refractivity contribution < 1.29 is 19.7 Å². The third-order valence-electron chi connectivity index (χ3n) is 7.41. The molecular weight excluding hydrogens is 452 g/mol. The van der Waals surface area contributed by atoms with Crippen LogP contribution in [0.4, 0.5) is 4.79 Å². The summed E-state index contributed by atoms with van der Waals surface area (Å²) in [5.41, 5.74) is -0.0354. The number of likely N-dealkylation sites (tertiary alicyclic amines) is 1. The summed E-state index contributed by atoms with van der Waals surface area (Å²) < 4.78 is 6.11. The summed E-state index contributed by atoms with van der Waals surface area (Å²) in [4.78, 5) is 17.2. The van der Waals surface area contributed by atoms with Crippen LogP contribution in [0.5, 0.6) is 0 Å². The van der Waals surface area contributed by atoms with E-state index in [0.29, 0.717) is 32.2 Å². The van der Waals surface area contributed by atoms with Gasteiger partial charge in [0.2, 0.25) is 0 Å². The van der Waals surface area contributed by atoms with Crippen LogP contribution in [0, 0.1) is 11.8 Å². The molecule has 6 nitrogen and oxygen atoms in total. The zero-order chi connectivity index (χ0) is 26.0. The van der Waals surface area contributed by atoms with Crippen molar-refractivity contribution in [2.45, 2.75) is 69.3 Å². The van der Waals surface area contributed by atoms with E-state index in [-0.39, 0.29) is 12.1 Å². The number of hydrogen-bond donors (Lipinski definition) is 2. The standard InChI is InChI=1S/C30H38N2O4/c1-23(25-12-10-24(11-13-25)14-15-29(35)16-19-31(4)20-17-29)32-21-18-30(36-27(32)33,22-28(2,3)34)26-8-6-5-7-9-26/h5-13,23,34-35H,16-22H2,1-4H3/t23-,30-/m0/s1. The summed E-state index contributed by atoms with van der Waals surface area (Å²) in [5.74, 6) is 6.20. The molecule has 192 valence electrons. The van der Waals surface area contributed by atoms with E-state index in [4.69, 9.17) is 4.74 Å². The van der Waals surface area contributed by atoms with E-state index in [1.165, 1.54) is 0 Å². The third-order valence-corrected chi connectivity index (χ3v) is 7.41. The Bertz CT molecular complexity index is 1110. The van der Waals surface area contributed by atoms with Gasteiger partial charge < -0.3 is 24.7 Å². The minimum Gasteiger partial charge on any atom is -0.438 e. The van der Waals surface area contributed by atoms with E-state index < -0.39 is 16.8 Å². The molecule has 0 aliphatic carbocycles. The van der Waals surface area contributed by atoms with E-state index >= 15 is 0 Å². The average Bonchev–Trinajstić information content (AvgIpc) is 2.84. The maximum absolute atomic E-state index is 13.3. The Labute approximate surface area is 214 Å². The van der Waals surface area contributed by atoms with Gasteiger partial charge in [-0.3, -0.25) is 0 Å². The third kappa shape index (κ3) is 6.10. The lowest BCUT2D eigenvalue weighted by Crippen LogP contribution is -2.51. The van der Waals surface area contributed by atoms with Gasteiger partial charge in [-0.05, 0) is 51.1 Å². The first-order valence-corrected chi connectivity index (χ1v) is 12.8. The molecule has 2 aromatic rings. The normalized spacial score (nSPS) is 23.4. The van der Waals surface area contributed by atoms with Crippen molar-refractivity contribution in [1.82, 2.24) is 9.80 Å². The quantitative estimate of drug-likeness (QED) is 0.606. The largest absolute Gasteiger partial charge is 0.438 e. The van der Waals surface area contributed by atoms with Gasteiger partial charge in [-0.15, -0.1) is 0 Å². The van der Waals surface area contributed by atoms with Crippen LogP contribution in [-0.4, -0.2) is 64.0 Å². The van der Waals surface area contributed by atoms with Crippen LogP contribution >= 0.6 is 0 Å². The molecule has 2 atom stereocenters. The molecule has 0 bridgehead atoms. The summed E-state index contributed by atoms with van der Waals surface area (Å²) in [7, 11) is 2.06. The first kappa shape index (κ1) is 26.2. The number of carbonyl (C=O) groups is 1. The van der Waals surface area contributed by atoms with Crippen molar-refractivity contribution in [2.24, 2.45) is 0 Å². The molecule has 2 aliphatic heterocycles.